The van der Waals surface area contributed by atoms with Crippen LogP contribution in [0.1, 0.15) is 11.1 Å². The van der Waals surface area contributed by atoms with E-state index in [1.54, 1.807) is 0 Å². The van der Waals surface area contributed by atoms with E-state index in [1.165, 1.54) is 5.56 Å². The van der Waals surface area contributed by atoms with Crippen molar-refractivity contribution in [2.24, 2.45) is 0 Å². The first-order valence-corrected chi connectivity index (χ1v) is 7.60. The number of benzene rings is 1. The molecule has 0 saturated carbocycles. The van der Waals surface area contributed by atoms with E-state index in [0.29, 0.717) is 11.9 Å². The summed E-state index contributed by atoms with van der Waals surface area (Å²) in [6.07, 6.45) is 0. The molecule has 0 aliphatic carbocycles. The van der Waals surface area contributed by atoms with Crippen LogP contribution in [-0.4, -0.2) is 42.4 Å². The Morgan fingerprint density at radius 3 is 2.47 bits per heavy atom. The molecule has 104 valence electrons. The Hall–Kier alpha value is -0.910. The Labute approximate surface area is 122 Å². The second-order valence-corrected chi connectivity index (χ2v) is 5.18. The van der Waals surface area contributed by atoms with Crippen LogP contribution < -0.4 is 5.32 Å². The van der Waals surface area contributed by atoms with Gasteiger partial charge in [-0.3, -0.25) is 9.69 Å². The average Bonchev–Trinajstić information content (AvgIpc) is 2.47. The number of alkyl halides is 1. The minimum absolute atomic E-state index is 0.0115. The molecule has 0 bridgehead atoms. The van der Waals surface area contributed by atoms with E-state index >= 15 is 0 Å². The number of morpholine rings is 1. The van der Waals surface area contributed by atoms with Crippen molar-refractivity contribution in [3.8, 4) is 0 Å². The summed E-state index contributed by atoms with van der Waals surface area (Å²) >= 11 is 3.13. The number of hydrogen-bond acceptors (Lipinski definition) is 3. The Balaban J connectivity index is 1.82. The first kappa shape index (κ1) is 14.5. The highest BCUT2D eigenvalue weighted by atomic mass is 79.9. The van der Waals surface area contributed by atoms with Gasteiger partial charge in [-0.15, -0.1) is 0 Å². The molecule has 1 aliphatic rings. The van der Waals surface area contributed by atoms with Gasteiger partial charge in [-0.05, 0) is 11.1 Å². The molecule has 1 aromatic rings. The molecule has 1 saturated heterocycles. The van der Waals surface area contributed by atoms with Crippen LogP contribution in [-0.2, 0) is 22.6 Å². The van der Waals surface area contributed by atoms with Gasteiger partial charge in [-0.1, -0.05) is 40.2 Å². The molecule has 1 fully saturated rings. The maximum absolute atomic E-state index is 11.1. The Morgan fingerprint density at radius 1 is 1.21 bits per heavy atom. The maximum Gasteiger partial charge on any atom is 0.230 e. The van der Waals surface area contributed by atoms with Crippen molar-refractivity contribution in [2.45, 2.75) is 13.1 Å². The first-order valence-electron chi connectivity index (χ1n) is 6.48. The van der Waals surface area contributed by atoms with Gasteiger partial charge in [-0.2, -0.15) is 0 Å². The van der Waals surface area contributed by atoms with Crippen molar-refractivity contribution in [3.05, 3.63) is 35.4 Å². The second kappa shape index (κ2) is 7.62. The molecule has 1 aromatic carbocycles. The van der Waals surface area contributed by atoms with Gasteiger partial charge in [0.1, 0.15) is 0 Å². The van der Waals surface area contributed by atoms with E-state index in [0.717, 1.165) is 38.4 Å². The molecule has 0 aromatic heterocycles. The average molecular weight is 327 g/mol. The molecule has 0 atom stereocenters. The van der Waals surface area contributed by atoms with Crippen molar-refractivity contribution < 1.29 is 9.53 Å². The van der Waals surface area contributed by atoms with Gasteiger partial charge in [0.05, 0.1) is 18.5 Å². The zero-order valence-corrected chi connectivity index (χ0v) is 12.5. The van der Waals surface area contributed by atoms with Crippen molar-refractivity contribution in [1.29, 1.82) is 0 Å². The van der Waals surface area contributed by atoms with Gasteiger partial charge in [-0.25, -0.2) is 0 Å². The van der Waals surface area contributed by atoms with Gasteiger partial charge < -0.3 is 10.1 Å². The molecule has 1 N–H and O–H groups in total. The fourth-order valence-electron chi connectivity index (χ4n) is 2.03. The van der Waals surface area contributed by atoms with E-state index < -0.39 is 0 Å². The molecule has 1 amide bonds. The number of hydrogen-bond donors (Lipinski definition) is 1. The zero-order chi connectivity index (χ0) is 13.5. The Kier molecular flexibility index (Phi) is 5.82. The smallest absolute Gasteiger partial charge is 0.230 e. The standard InChI is InChI=1S/C14H19BrN2O2/c15-9-14(18)16-10-12-1-3-13(4-2-12)11-17-5-7-19-8-6-17/h1-4H,5-11H2,(H,16,18). The third-order valence-electron chi connectivity index (χ3n) is 3.14. The number of carbonyl (C=O) groups excluding carboxylic acids is 1. The van der Waals surface area contributed by atoms with Gasteiger partial charge in [0.2, 0.25) is 5.91 Å². The maximum atomic E-state index is 11.1. The highest BCUT2D eigenvalue weighted by Crippen LogP contribution is 2.09. The number of ether oxygens (including phenoxy) is 1. The predicted molar refractivity (Wildman–Crippen MR) is 78.2 cm³/mol. The topological polar surface area (TPSA) is 41.6 Å². The summed E-state index contributed by atoms with van der Waals surface area (Å²) in [6, 6.07) is 8.41. The molecular weight excluding hydrogens is 308 g/mol. The van der Waals surface area contributed by atoms with Crippen LogP contribution in [0.2, 0.25) is 0 Å². The van der Waals surface area contributed by atoms with Crippen LogP contribution in [0.15, 0.2) is 24.3 Å². The molecule has 1 aliphatic heterocycles. The summed E-state index contributed by atoms with van der Waals surface area (Å²) in [5.41, 5.74) is 2.43. The Morgan fingerprint density at radius 2 is 1.84 bits per heavy atom. The molecule has 4 nitrogen and oxygen atoms in total. The minimum Gasteiger partial charge on any atom is -0.379 e. The molecule has 0 spiro atoms. The molecule has 5 heteroatoms. The van der Waals surface area contributed by atoms with E-state index in [9.17, 15) is 4.79 Å². The second-order valence-electron chi connectivity index (χ2n) is 4.62. The molecule has 1 heterocycles. The third-order valence-corrected chi connectivity index (χ3v) is 3.65. The van der Waals surface area contributed by atoms with Gasteiger partial charge >= 0.3 is 0 Å². The monoisotopic (exact) mass is 326 g/mol. The van der Waals surface area contributed by atoms with Crippen LogP contribution in [0.5, 0.6) is 0 Å². The largest absolute Gasteiger partial charge is 0.379 e. The van der Waals surface area contributed by atoms with Crippen LogP contribution >= 0.6 is 15.9 Å². The number of nitrogens with zero attached hydrogens (tertiary/aromatic N) is 1. The molecule has 0 unspecified atom stereocenters. The fourth-order valence-corrected chi connectivity index (χ4v) is 2.23. The van der Waals surface area contributed by atoms with Crippen LogP contribution in [0, 0.1) is 0 Å². The minimum atomic E-state index is 0.0115. The van der Waals surface area contributed by atoms with E-state index in [2.05, 4.69) is 50.4 Å². The summed E-state index contributed by atoms with van der Waals surface area (Å²) in [7, 11) is 0. The summed E-state index contributed by atoms with van der Waals surface area (Å²) in [6.45, 7) is 5.22. The van der Waals surface area contributed by atoms with E-state index in [-0.39, 0.29) is 5.91 Å². The number of amides is 1. The first-order chi connectivity index (χ1) is 9.28. The fraction of sp³-hybridized carbons (Fsp3) is 0.500. The number of halogens is 1. The normalized spacial score (nSPS) is 16.3. The lowest BCUT2D eigenvalue weighted by Gasteiger charge is -2.26. The lowest BCUT2D eigenvalue weighted by atomic mass is 10.1. The third kappa shape index (κ3) is 4.93. The quantitative estimate of drug-likeness (QED) is 0.834. The summed E-state index contributed by atoms with van der Waals surface area (Å²) in [5, 5.41) is 3.19. The molecule has 0 radical (unpaired) electrons. The lowest BCUT2D eigenvalue weighted by Crippen LogP contribution is -2.35. The van der Waals surface area contributed by atoms with Crippen molar-refractivity contribution in [2.75, 3.05) is 31.6 Å². The van der Waals surface area contributed by atoms with Crippen molar-refractivity contribution >= 4 is 21.8 Å². The summed E-state index contributed by atoms with van der Waals surface area (Å²) < 4.78 is 5.34. The molecule has 19 heavy (non-hydrogen) atoms. The zero-order valence-electron chi connectivity index (χ0n) is 10.9. The van der Waals surface area contributed by atoms with Crippen LogP contribution in [0.4, 0.5) is 0 Å². The van der Waals surface area contributed by atoms with Crippen LogP contribution in [0.3, 0.4) is 0 Å². The SMILES string of the molecule is O=C(CBr)NCc1ccc(CN2CCOCC2)cc1. The van der Waals surface area contributed by atoms with E-state index in [1.807, 2.05) is 0 Å². The predicted octanol–water partition coefficient (Wildman–Crippen LogP) is 1.53. The lowest BCUT2D eigenvalue weighted by molar-refractivity contribution is -0.118. The molecule has 2 rings (SSSR count). The van der Waals surface area contributed by atoms with Gasteiger partial charge in [0.15, 0.2) is 0 Å². The van der Waals surface area contributed by atoms with Crippen molar-refractivity contribution in [3.63, 3.8) is 0 Å². The van der Waals surface area contributed by atoms with E-state index in [4.69, 9.17) is 4.74 Å². The summed E-state index contributed by atoms with van der Waals surface area (Å²) in [4.78, 5) is 13.5. The Bertz CT molecular complexity index is 402. The number of carbonyl (C=O) groups is 1. The van der Waals surface area contributed by atoms with Crippen molar-refractivity contribution in [1.82, 2.24) is 10.2 Å². The number of nitrogens with one attached hydrogen (secondary N) is 1. The van der Waals surface area contributed by atoms with Crippen LogP contribution in [0.25, 0.3) is 0 Å². The summed E-state index contributed by atoms with van der Waals surface area (Å²) in [5.74, 6) is 0.0115. The highest BCUT2D eigenvalue weighted by Gasteiger charge is 2.10. The highest BCUT2D eigenvalue weighted by molar-refractivity contribution is 9.09. The molecular formula is C14H19BrN2O2. The van der Waals surface area contributed by atoms with Gasteiger partial charge in [0.25, 0.3) is 0 Å². The number of rotatable bonds is 5. The van der Waals surface area contributed by atoms with Gasteiger partial charge in [0, 0.05) is 26.2 Å².